The molecule has 1 aliphatic heterocycles. The first-order chi connectivity index (χ1) is 16.8. The molecule has 1 N–H and O–H groups in total. The van der Waals surface area contributed by atoms with Crippen LogP contribution in [0.3, 0.4) is 0 Å². The number of methoxy groups -OCH3 is 3. The number of amides is 1. The van der Waals surface area contributed by atoms with E-state index in [1.54, 1.807) is 24.3 Å². The van der Waals surface area contributed by atoms with Crippen molar-refractivity contribution in [2.45, 2.75) is 17.7 Å². The molecule has 1 amide bonds. The Labute approximate surface area is 207 Å². The van der Waals surface area contributed by atoms with Crippen molar-refractivity contribution in [2.75, 3.05) is 39.7 Å². The van der Waals surface area contributed by atoms with E-state index in [9.17, 15) is 18.0 Å². The SMILES string of the molecule is COC(=O)c1cc2cc(NC(=O)[C@H]3CCCN(S(=O)(=O)c4ccc(OC)c(OC)c4)C3)ccc2s1. The number of carbonyl (C=O) groups is 2. The summed E-state index contributed by atoms with van der Waals surface area (Å²) in [4.78, 5) is 25.4. The Balaban J connectivity index is 1.48. The van der Waals surface area contributed by atoms with Crippen LogP contribution in [0.4, 0.5) is 5.69 Å². The van der Waals surface area contributed by atoms with Crippen molar-refractivity contribution in [2.24, 2.45) is 5.92 Å². The highest BCUT2D eigenvalue weighted by atomic mass is 32.2. The monoisotopic (exact) mass is 518 g/mol. The third kappa shape index (κ3) is 5.12. The fourth-order valence-corrected chi connectivity index (χ4v) is 6.57. The topological polar surface area (TPSA) is 111 Å². The molecule has 4 rings (SSSR count). The predicted octanol–water partition coefficient (Wildman–Crippen LogP) is 3.74. The van der Waals surface area contributed by atoms with E-state index in [4.69, 9.17) is 14.2 Å². The highest BCUT2D eigenvalue weighted by Crippen LogP contribution is 2.33. The molecule has 9 nitrogen and oxygen atoms in total. The van der Waals surface area contributed by atoms with Gasteiger partial charge in [-0.05, 0) is 54.6 Å². The van der Waals surface area contributed by atoms with Gasteiger partial charge in [-0.25, -0.2) is 13.2 Å². The maximum atomic E-state index is 13.3. The van der Waals surface area contributed by atoms with E-state index in [0.717, 1.165) is 10.1 Å². The largest absolute Gasteiger partial charge is 0.493 e. The van der Waals surface area contributed by atoms with Crippen LogP contribution in [0.15, 0.2) is 47.4 Å². The Morgan fingerprint density at radius 2 is 1.80 bits per heavy atom. The number of fused-ring (bicyclic) bond motifs is 1. The van der Waals surface area contributed by atoms with Gasteiger partial charge in [0.05, 0.1) is 32.1 Å². The van der Waals surface area contributed by atoms with Gasteiger partial charge < -0.3 is 19.5 Å². The molecule has 3 aromatic rings. The minimum absolute atomic E-state index is 0.0791. The van der Waals surface area contributed by atoms with E-state index in [0.29, 0.717) is 41.4 Å². The summed E-state index contributed by atoms with van der Waals surface area (Å²) < 4.78 is 44.0. The smallest absolute Gasteiger partial charge is 0.348 e. The number of benzene rings is 2. The minimum atomic E-state index is -3.82. The molecule has 1 saturated heterocycles. The molecule has 2 heterocycles. The molecule has 1 atom stereocenters. The maximum absolute atomic E-state index is 13.3. The minimum Gasteiger partial charge on any atom is -0.493 e. The number of sulfonamides is 1. The molecule has 0 unspecified atom stereocenters. The van der Waals surface area contributed by atoms with Crippen molar-refractivity contribution in [3.8, 4) is 11.5 Å². The second-order valence-corrected chi connectivity index (χ2v) is 11.1. The van der Waals surface area contributed by atoms with Crippen LogP contribution in [0.25, 0.3) is 10.1 Å². The second-order valence-electron chi connectivity index (χ2n) is 8.06. The van der Waals surface area contributed by atoms with Crippen molar-refractivity contribution < 1.29 is 32.2 Å². The van der Waals surface area contributed by atoms with Gasteiger partial charge in [-0.1, -0.05) is 0 Å². The third-order valence-electron chi connectivity index (χ3n) is 5.92. The number of thiophene rings is 1. The first-order valence-electron chi connectivity index (χ1n) is 10.9. The molecule has 1 aliphatic rings. The summed E-state index contributed by atoms with van der Waals surface area (Å²) in [6.45, 7) is 0.410. The molecule has 0 spiro atoms. The fraction of sp³-hybridized carbons (Fsp3) is 0.333. The number of anilines is 1. The first-order valence-corrected chi connectivity index (χ1v) is 13.2. The van der Waals surface area contributed by atoms with Crippen molar-refractivity contribution >= 4 is 49.0 Å². The number of ether oxygens (including phenoxy) is 3. The summed E-state index contributed by atoms with van der Waals surface area (Å²) in [6.07, 6.45) is 1.15. The zero-order chi connectivity index (χ0) is 25.2. The van der Waals surface area contributed by atoms with Crippen LogP contribution < -0.4 is 14.8 Å². The zero-order valence-electron chi connectivity index (χ0n) is 19.6. The Morgan fingerprint density at radius 1 is 1.03 bits per heavy atom. The van der Waals surface area contributed by atoms with Crippen LogP contribution >= 0.6 is 11.3 Å². The van der Waals surface area contributed by atoms with E-state index < -0.39 is 21.9 Å². The van der Waals surface area contributed by atoms with Crippen LogP contribution in [0.5, 0.6) is 11.5 Å². The highest BCUT2D eigenvalue weighted by molar-refractivity contribution is 7.89. The summed E-state index contributed by atoms with van der Waals surface area (Å²) in [5.74, 6) is -0.403. The van der Waals surface area contributed by atoms with Crippen molar-refractivity contribution in [3.05, 3.63) is 47.3 Å². The number of piperidine rings is 1. The predicted molar refractivity (Wildman–Crippen MR) is 133 cm³/mol. The van der Waals surface area contributed by atoms with Crippen LogP contribution in [-0.2, 0) is 19.6 Å². The zero-order valence-corrected chi connectivity index (χ0v) is 21.2. The third-order valence-corrected chi connectivity index (χ3v) is 8.88. The van der Waals surface area contributed by atoms with E-state index >= 15 is 0 Å². The average molecular weight is 519 g/mol. The lowest BCUT2D eigenvalue weighted by Crippen LogP contribution is -2.43. The Hall–Kier alpha value is -3.15. The molecule has 1 fully saturated rings. The van der Waals surface area contributed by atoms with Gasteiger partial charge in [0.2, 0.25) is 15.9 Å². The lowest BCUT2D eigenvalue weighted by atomic mass is 9.98. The molecule has 1 aromatic heterocycles. The van der Waals surface area contributed by atoms with E-state index in [2.05, 4.69) is 5.32 Å². The van der Waals surface area contributed by atoms with E-state index in [-0.39, 0.29) is 17.3 Å². The number of rotatable bonds is 7. The molecule has 35 heavy (non-hydrogen) atoms. The number of carbonyl (C=O) groups excluding carboxylic acids is 2. The molecule has 11 heteroatoms. The lowest BCUT2D eigenvalue weighted by Gasteiger charge is -2.31. The molecular weight excluding hydrogens is 492 g/mol. The van der Waals surface area contributed by atoms with Gasteiger partial charge in [-0.2, -0.15) is 4.31 Å². The number of nitrogens with zero attached hydrogens (tertiary/aromatic N) is 1. The van der Waals surface area contributed by atoms with Crippen molar-refractivity contribution in [1.29, 1.82) is 0 Å². The number of hydrogen-bond donors (Lipinski definition) is 1. The summed E-state index contributed by atoms with van der Waals surface area (Å²) in [6, 6.07) is 11.5. The van der Waals surface area contributed by atoms with Crippen LogP contribution in [0, 0.1) is 5.92 Å². The normalized spacial score (nSPS) is 16.6. The summed E-state index contributed by atoms with van der Waals surface area (Å²) in [5.41, 5.74) is 0.580. The molecule has 0 radical (unpaired) electrons. The maximum Gasteiger partial charge on any atom is 0.348 e. The van der Waals surface area contributed by atoms with Gasteiger partial charge in [0, 0.05) is 29.5 Å². The molecule has 0 aliphatic carbocycles. The number of nitrogens with one attached hydrogen (secondary N) is 1. The summed E-state index contributed by atoms with van der Waals surface area (Å²) in [7, 11) is 0.434. The highest BCUT2D eigenvalue weighted by Gasteiger charge is 2.34. The number of esters is 1. The van der Waals surface area contributed by atoms with E-state index in [1.165, 1.54) is 49.1 Å². The first kappa shape index (κ1) is 25.0. The Bertz CT molecular complexity index is 1370. The van der Waals surface area contributed by atoms with Crippen molar-refractivity contribution in [1.82, 2.24) is 4.31 Å². The van der Waals surface area contributed by atoms with Gasteiger partial charge in [0.25, 0.3) is 0 Å². The van der Waals surface area contributed by atoms with Crippen LogP contribution in [0.1, 0.15) is 22.5 Å². The van der Waals surface area contributed by atoms with Gasteiger partial charge in [-0.3, -0.25) is 4.79 Å². The molecule has 186 valence electrons. The van der Waals surface area contributed by atoms with E-state index in [1.807, 2.05) is 6.07 Å². The standard InChI is InChI=1S/C24H26N2O7S2/c1-31-19-8-7-18(13-20(19)32-2)35(29,30)26-10-4-5-15(14-26)23(27)25-17-6-9-21-16(11-17)12-22(34-21)24(28)33-3/h6-9,11-13,15H,4-5,10,14H2,1-3H3,(H,25,27)/t15-/m0/s1. The molecule has 0 bridgehead atoms. The average Bonchev–Trinajstić information content (AvgIpc) is 3.31. The molecule has 0 saturated carbocycles. The fourth-order valence-electron chi connectivity index (χ4n) is 4.07. The van der Waals surface area contributed by atoms with Crippen molar-refractivity contribution in [3.63, 3.8) is 0 Å². The summed E-state index contributed by atoms with van der Waals surface area (Å²) >= 11 is 1.31. The van der Waals surface area contributed by atoms with Gasteiger partial charge >= 0.3 is 5.97 Å². The van der Waals surface area contributed by atoms with Crippen LogP contribution in [-0.4, -0.2) is 59.0 Å². The molecular formula is C24H26N2O7S2. The number of hydrogen-bond acceptors (Lipinski definition) is 8. The summed E-state index contributed by atoms with van der Waals surface area (Å²) in [5, 5.41) is 3.71. The van der Waals surface area contributed by atoms with Gasteiger partial charge in [0.15, 0.2) is 11.5 Å². The quantitative estimate of drug-likeness (QED) is 0.474. The molecule has 2 aromatic carbocycles. The Kier molecular flexibility index (Phi) is 7.29. The second kappa shape index (κ2) is 10.2. The van der Waals surface area contributed by atoms with Crippen LogP contribution in [0.2, 0.25) is 0 Å². The lowest BCUT2D eigenvalue weighted by molar-refractivity contribution is -0.120. The Morgan fingerprint density at radius 3 is 2.51 bits per heavy atom. The van der Waals surface area contributed by atoms with Gasteiger partial charge in [-0.15, -0.1) is 11.3 Å². The van der Waals surface area contributed by atoms with Gasteiger partial charge in [0.1, 0.15) is 4.88 Å².